The number of aromatic nitrogens is 6. The average Bonchev–Trinajstić information content (AvgIpc) is 3.54. The number of nitrogens with zero attached hydrogens (tertiary/aromatic N) is 5. The normalized spacial score (nSPS) is 23.8. The van der Waals surface area contributed by atoms with Crippen molar-refractivity contribution < 1.29 is 0 Å². The zero-order chi connectivity index (χ0) is 24.9. The molecule has 4 aliphatic rings. The van der Waals surface area contributed by atoms with Gasteiger partial charge in [0.25, 0.3) is 5.56 Å². The molecule has 7 nitrogen and oxygen atoms in total. The van der Waals surface area contributed by atoms with Crippen molar-refractivity contribution in [2.24, 2.45) is 17.8 Å². The van der Waals surface area contributed by atoms with E-state index in [9.17, 15) is 4.79 Å². The molecule has 0 spiro atoms. The highest BCUT2D eigenvalue weighted by molar-refractivity contribution is 5.80. The van der Waals surface area contributed by atoms with Crippen LogP contribution < -0.4 is 5.56 Å². The molecule has 2 atom stereocenters. The highest BCUT2D eigenvalue weighted by Gasteiger charge is 2.49. The van der Waals surface area contributed by atoms with Gasteiger partial charge in [0.1, 0.15) is 0 Å². The first-order chi connectivity index (χ1) is 18.2. The summed E-state index contributed by atoms with van der Waals surface area (Å²) in [5.74, 6) is 2.98. The first-order valence-electron chi connectivity index (χ1n) is 14.0. The molecule has 7 heteroatoms. The average molecular weight is 495 g/mol. The Balaban J connectivity index is 1.22. The summed E-state index contributed by atoms with van der Waals surface area (Å²) in [5.41, 5.74) is 6.89. The Labute approximate surface area is 216 Å². The van der Waals surface area contributed by atoms with Crippen LogP contribution in [0.2, 0.25) is 0 Å². The lowest BCUT2D eigenvalue weighted by Gasteiger charge is -2.53. The summed E-state index contributed by atoms with van der Waals surface area (Å²) in [5, 5.41) is 14.6. The maximum absolute atomic E-state index is 14.0. The van der Waals surface area contributed by atoms with Gasteiger partial charge in [-0.05, 0) is 78.2 Å². The Kier molecular flexibility index (Phi) is 5.59. The molecule has 2 aromatic heterocycles. The largest absolute Gasteiger partial charge is 0.286 e. The van der Waals surface area contributed by atoms with Gasteiger partial charge >= 0.3 is 0 Å². The minimum atomic E-state index is 0.272. The van der Waals surface area contributed by atoms with Crippen molar-refractivity contribution in [1.82, 2.24) is 30.0 Å². The van der Waals surface area contributed by atoms with Crippen molar-refractivity contribution in [3.63, 3.8) is 0 Å². The van der Waals surface area contributed by atoms with Crippen molar-refractivity contribution in [3.05, 3.63) is 75.7 Å². The van der Waals surface area contributed by atoms with E-state index in [-0.39, 0.29) is 5.56 Å². The van der Waals surface area contributed by atoms with Crippen LogP contribution in [0.25, 0.3) is 22.5 Å². The number of benzene rings is 2. The van der Waals surface area contributed by atoms with Gasteiger partial charge in [-0.2, -0.15) is 5.21 Å². The van der Waals surface area contributed by atoms with E-state index in [0.717, 1.165) is 59.9 Å². The third-order valence-corrected chi connectivity index (χ3v) is 9.25. The van der Waals surface area contributed by atoms with Gasteiger partial charge in [-0.3, -0.25) is 9.48 Å². The molecule has 190 valence electrons. The zero-order valence-electron chi connectivity index (χ0n) is 21.4. The lowest BCUT2D eigenvalue weighted by atomic mass is 9.57. The van der Waals surface area contributed by atoms with Gasteiger partial charge in [-0.25, -0.2) is 4.68 Å². The summed E-state index contributed by atoms with van der Waals surface area (Å²) in [7, 11) is 0. The van der Waals surface area contributed by atoms with Crippen LogP contribution >= 0.6 is 0 Å². The summed E-state index contributed by atoms with van der Waals surface area (Å²) in [6.45, 7) is 3.24. The Bertz CT molecular complexity index is 1460. The summed E-state index contributed by atoms with van der Waals surface area (Å²) < 4.78 is 4.61. The quantitative estimate of drug-likeness (QED) is 0.372. The maximum Gasteiger partial charge on any atom is 0.270 e. The van der Waals surface area contributed by atoms with Crippen LogP contribution in [0.5, 0.6) is 0 Å². The number of fused-ring (bicyclic) bond motifs is 1. The number of tetrazole rings is 1. The smallest absolute Gasteiger partial charge is 0.270 e. The topological polar surface area (TPSA) is 81.4 Å². The van der Waals surface area contributed by atoms with Crippen LogP contribution in [-0.2, 0) is 19.4 Å². The molecule has 3 heterocycles. The van der Waals surface area contributed by atoms with E-state index in [1.807, 2.05) is 18.2 Å². The summed E-state index contributed by atoms with van der Waals surface area (Å²) in [6.07, 6.45) is 9.19. The van der Waals surface area contributed by atoms with Crippen LogP contribution in [0.3, 0.4) is 0 Å². The first kappa shape index (κ1) is 22.7. The lowest BCUT2D eigenvalue weighted by Crippen LogP contribution is -2.49. The van der Waals surface area contributed by atoms with Crippen molar-refractivity contribution >= 4 is 0 Å². The molecule has 8 rings (SSSR count). The van der Waals surface area contributed by atoms with Gasteiger partial charge in [0.2, 0.25) is 5.82 Å². The molecular weight excluding hydrogens is 460 g/mol. The van der Waals surface area contributed by atoms with Gasteiger partial charge in [0, 0.05) is 29.8 Å². The third-order valence-electron chi connectivity index (χ3n) is 9.25. The summed E-state index contributed by atoms with van der Waals surface area (Å²) >= 11 is 0. The highest BCUT2D eigenvalue weighted by atomic mass is 16.1. The van der Waals surface area contributed by atoms with E-state index in [0.29, 0.717) is 24.2 Å². The Hall–Kier alpha value is -3.48. The molecular formula is C30H34N6O. The second-order valence-electron chi connectivity index (χ2n) is 11.3. The van der Waals surface area contributed by atoms with E-state index < -0.39 is 0 Å². The predicted molar refractivity (Wildman–Crippen MR) is 143 cm³/mol. The fourth-order valence-corrected chi connectivity index (χ4v) is 7.38. The molecule has 0 radical (unpaired) electrons. The highest BCUT2D eigenvalue weighted by Crippen LogP contribution is 2.55. The fourth-order valence-electron chi connectivity index (χ4n) is 7.38. The van der Waals surface area contributed by atoms with Gasteiger partial charge in [0.15, 0.2) is 0 Å². The number of rotatable bonds is 7. The van der Waals surface area contributed by atoms with Gasteiger partial charge in [0.05, 0.1) is 6.04 Å². The van der Waals surface area contributed by atoms with Crippen LogP contribution in [0.15, 0.2) is 53.3 Å². The molecule has 0 saturated heterocycles. The zero-order valence-corrected chi connectivity index (χ0v) is 21.4. The molecule has 3 aliphatic carbocycles. The minimum absolute atomic E-state index is 0.272. The molecule has 37 heavy (non-hydrogen) atoms. The van der Waals surface area contributed by atoms with Crippen LogP contribution in [0.4, 0.5) is 0 Å². The summed E-state index contributed by atoms with van der Waals surface area (Å²) in [4.78, 5) is 14.0. The van der Waals surface area contributed by atoms with E-state index in [1.54, 1.807) is 0 Å². The van der Waals surface area contributed by atoms with Crippen LogP contribution in [0, 0.1) is 17.8 Å². The molecule has 1 aliphatic heterocycles. The lowest BCUT2D eigenvalue weighted by molar-refractivity contribution is -0.0310. The molecule has 1 N–H and O–H groups in total. The molecule has 4 aromatic rings. The molecule has 2 bridgehead atoms. The van der Waals surface area contributed by atoms with Crippen molar-refractivity contribution in [2.45, 2.75) is 70.9 Å². The van der Waals surface area contributed by atoms with Crippen LogP contribution in [-0.4, -0.2) is 30.0 Å². The number of nitrogens with one attached hydrogen (secondary N) is 1. The number of aromatic amines is 1. The number of hydrogen-bond acceptors (Lipinski definition) is 4. The minimum Gasteiger partial charge on any atom is -0.286 e. The number of H-pyrrole nitrogens is 1. The molecule has 3 saturated carbocycles. The number of unbranched alkanes of at least 4 members (excludes halogenated alkanes) is 1. The SMILES string of the molecule is CCCCc1c(Cc2ccc(-c3ccccc3-c3nn[nH]n3)cc2)c(=O)n2n1CCC1C3CC(C3)CC12. The number of hydrogen-bond donors (Lipinski definition) is 1. The molecule has 2 unspecified atom stereocenters. The van der Waals surface area contributed by atoms with Crippen molar-refractivity contribution in [3.8, 4) is 22.5 Å². The second kappa shape index (κ2) is 9.12. The van der Waals surface area contributed by atoms with Gasteiger partial charge in [-0.1, -0.05) is 61.9 Å². The van der Waals surface area contributed by atoms with Crippen molar-refractivity contribution in [2.75, 3.05) is 0 Å². The Morgan fingerprint density at radius 3 is 2.59 bits per heavy atom. The van der Waals surface area contributed by atoms with Crippen LogP contribution in [0.1, 0.15) is 68.3 Å². The van der Waals surface area contributed by atoms with Gasteiger partial charge in [-0.15, -0.1) is 10.2 Å². The van der Waals surface area contributed by atoms with Gasteiger partial charge < -0.3 is 0 Å². The van der Waals surface area contributed by atoms with E-state index >= 15 is 0 Å². The maximum atomic E-state index is 14.0. The van der Waals surface area contributed by atoms with E-state index in [2.05, 4.69) is 67.2 Å². The Morgan fingerprint density at radius 1 is 1.03 bits per heavy atom. The van der Waals surface area contributed by atoms with E-state index in [4.69, 9.17) is 0 Å². The standard InChI is InChI=1S/C30H34N6O/c1-2-3-8-27-26(30(37)36-28-18-20-15-22(16-20)24(28)13-14-35(27)36)17-19-9-11-21(12-10-19)23-6-4-5-7-25(23)29-31-33-34-32-29/h4-7,9-12,20,22,24,28H,2-3,8,13-18H2,1H3,(H,31,32,33,34). The molecule has 0 amide bonds. The fraction of sp³-hybridized carbons (Fsp3) is 0.467. The third kappa shape index (κ3) is 3.78. The first-order valence-corrected chi connectivity index (χ1v) is 14.0. The predicted octanol–water partition coefficient (Wildman–Crippen LogP) is 5.42. The van der Waals surface area contributed by atoms with Crippen molar-refractivity contribution in [1.29, 1.82) is 0 Å². The Morgan fingerprint density at radius 2 is 1.84 bits per heavy atom. The summed E-state index contributed by atoms with van der Waals surface area (Å²) in [6, 6.07) is 17.2. The monoisotopic (exact) mass is 494 g/mol. The second-order valence-corrected chi connectivity index (χ2v) is 11.3. The van der Waals surface area contributed by atoms with E-state index in [1.165, 1.54) is 36.9 Å². The molecule has 2 aromatic carbocycles. The molecule has 3 fully saturated rings.